The molecule has 0 aromatic heterocycles. The van der Waals surface area contributed by atoms with Crippen molar-refractivity contribution in [2.45, 2.75) is 48.8 Å². The van der Waals surface area contributed by atoms with Crippen molar-refractivity contribution in [1.29, 1.82) is 0 Å². The van der Waals surface area contributed by atoms with Gasteiger partial charge in [0.05, 0.1) is 24.9 Å². The molecule has 40 heavy (non-hydrogen) atoms. The molecule has 3 aliphatic heterocycles. The second kappa shape index (κ2) is 11.9. The molecule has 0 radical (unpaired) electrons. The number of hydrogen-bond donors (Lipinski definition) is 1. The van der Waals surface area contributed by atoms with Crippen LogP contribution in [0.25, 0.3) is 0 Å². The van der Waals surface area contributed by atoms with E-state index in [0.717, 1.165) is 19.3 Å². The fraction of sp³-hybridized carbons (Fsp3) is 0.464. The van der Waals surface area contributed by atoms with Gasteiger partial charge in [0.15, 0.2) is 0 Å². The molecule has 0 saturated carbocycles. The summed E-state index contributed by atoms with van der Waals surface area (Å²) in [5.41, 5.74) is 0.494. The molecule has 2 aromatic rings. The fourth-order valence-electron chi connectivity index (χ4n) is 5.36. The maximum atomic E-state index is 14.0. The summed E-state index contributed by atoms with van der Waals surface area (Å²) >= 11 is 0. The second-order valence-corrected chi connectivity index (χ2v) is 11.9. The minimum absolute atomic E-state index is 0.0135. The first kappa shape index (κ1) is 28.1. The van der Waals surface area contributed by atoms with Crippen LogP contribution in [-0.4, -0.2) is 87.5 Å². The third-order valence-corrected chi connectivity index (χ3v) is 9.22. The zero-order valence-electron chi connectivity index (χ0n) is 22.3. The summed E-state index contributed by atoms with van der Waals surface area (Å²) in [5.74, 6) is -1.43. The van der Waals surface area contributed by atoms with Crippen LogP contribution in [0.2, 0.25) is 0 Å². The number of benzene rings is 2. The molecule has 3 atom stereocenters. The van der Waals surface area contributed by atoms with Crippen LogP contribution in [0.5, 0.6) is 5.75 Å². The first-order valence-corrected chi connectivity index (χ1v) is 14.8. The standard InChI is InChI=1S/C28H33N3O8S/c1-37-20-8-4-7-19(15-20)26(27(33)29-16-21-9-5-13-38-21)30(17-22-10-6-14-39-22)25(32)18-31-28(34)23-11-2-3-12-24(23)40(31,35)36/h2-4,7-8,11-12,15,21-22,26H,5-6,9-10,13-14,16-18H2,1H3,(H,29,33)/t21-,22+,26-/m1/s1. The molecular formula is C28H33N3O8S. The monoisotopic (exact) mass is 571 g/mol. The number of ether oxygens (including phenoxy) is 3. The van der Waals surface area contributed by atoms with Gasteiger partial charge in [0.1, 0.15) is 23.2 Å². The van der Waals surface area contributed by atoms with Gasteiger partial charge in [-0.2, -0.15) is 0 Å². The highest BCUT2D eigenvalue weighted by Crippen LogP contribution is 2.32. The Morgan fingerprint density at radius 1 is 1.07 bits per heavy atom. The van der Waals surface area contributed by atoms with Crippen LogP contribution in [-0.2, 0) is 29.1 Å². The lowest BCUT2D eigenvalue weighted by Crippen LogP contribution is -2.51. The average molecular weight is 572 g/mol. The quantitative estimate of drug-likeness (QED) is 0.458. The van der Waals surface area contributed by atoms with Crippen molar-refractivity contribution >= 4 is 27.7 Å². The van der Waals surface area contributed by atoms with Crippen molar-refractivity contribution in [2.75, 3.05) is 40.0 Å². The molecule has 2 aromatic carbocycles. The maximum absolute atomic E-state index is 14.0. The van der Waals surface area contributed by atoms with Crippen LogP contribution in [0.3, 0.4) is 0 Å². The second-order valence-electron chi connectivity index (χ2n) is 10.1. The number of carbonyl (C=O) groups excluding carboxylic acids is 3. The van der Waals surface area contributed by atoms with E-state index in [2.05, 4.69) is 5.32 Å². The van der Waals surface area contributed by atoms with Crippen molar-refractivity contribution < 1.29 is 37.0 Å². The smallest absolute Gasteiger partial charge is 0.269 e. The molecule has 0 spiro atoms. The van der Waals surface area contributed by atoms with Crippen LogP contribution < -0.4 is 10.1 Å². The zero-order valence-corrected chi connectivity index (χ0v) is 23.1. The largest absolute Gasteiger partial charge is 0.497 e. The molecule has 214 valence electrons. The Morgan fingerprint density at radius 2 is 1.80 bits per heavy atom. The van der Waals surface area contributed by atoms with Gasteiger partial charge in [0.2, 0.25) is 11.8 Å². The van der Waals surface area contributed by atoms with Crippen LogP contribution >= 0.6 is 0 Å². The van der Waals surface area contributed by atoms with E-state index in [4.69, 9.17) is 14.2 Å². The third-order valence-electron chi connectivity index (χ3n) is 7.43. The Hall–Kier alpha value is -3.48. The average Bonchev–Trinajstić information content (AvgIpc) is 3.71. The number of nitrogens with zero attached hydrogens (tertiary/aromatic N) is 2. The van der Waals surface area contributed by atoms with Gasteiger partial charge in [-0.1, -0.05) is 24.3 Å². The highest BCUT2D eigenvalue weighted by Gasteiger charge is 2.44. The number of rotatable bonds is 10. The summed E-state index contributed by atoms with van der Waals surface area (Å²) in [6.07, 6.45) is 2.74. The predicted molar refractivity (Wildman–Crippen MR) is 143 cm³/mol. The molecule has 2 saturated heterocycles. The van der Waals surface area contributed by atoms with Gasteiger partial charge in [0.25, 0.3) is 15.9 Å². The Labute approximate surface area is 233 Å². The molecule has 2 fully saturated rings. The summed E-state index contributed by atoms with van der Waals surface area (Å²) in [4.78, 5) is 42.0. The summed E-state index contributed by atoms with van der Waals surface area (Å²) in [6.45, 7) is 0.723. The number of hydrogen-bond acceptors (Lipinski definition) is 8. The molecule has 11 nitrogen and oxygen atoms in total. The van der Waals surface area contributed by atoms with Gasteiger partial charge >= 0.3 is 0 Å². The normalized spacial score (nSPS) is 22.1. The first-order valence-electron chi connectivity index (χ1n) is 13.4. The number of carbonyl (C=O) groups is 3. The maximum Gasteiger partial charge on any atom is 0.269 e. The summed E-state index contributed by atoms with van der Waals surface area (Å²) in [6, 6.07) is 11.5. The van der Waals surface area contributed by atoms with Crippen molar-refractivity contribution in [3.63, 3.8) is 0 Å². The van der Waals surface area contributed by atoms with Gasteiger partial charge in [-0.05, 0) is 55.5 Å². The lowest BCUT2D eigenvalue weighted by Gasteiger charge is -2.34. The minimum Gasteiger partial charge on any atom is -0.497 e. The van der Waals surface area contributed by atoms with E-state index in [9.17, 15) is 22.8 Å². The molecule has 3 heterocycles. The zero-order chi connectivity index (χ0) is 28.3. The Balaban J connectivity index is 1.47. The molecule has 0 bridgehead atoms. The van der Waals surface area contributed by atoms with E-state index in [0.29, 0.717) is 35.3 Å². The fourth-order valence-corrected chi connectivity index (χ4v) is 6.88. The van der Waals surface area contributed by atoms with E-state index in [1.807, 2.05) is 0 Å². The summed E-state index contributed by atoms with van der Waals surface area (Å²) in [7, 11) is -2.72. The lowest BCUT2D eigenvalue weighted by molar-refractivity contribution is -0.142. The Morgan fingerprint density at radius 3 is 2.48 bits per heavy atom. The van der Waals surface area contributed by atoms with E-state index in [1.165, 1.54) is 30.2 Å². The van der Waals surface area contributed by atoms with Gasteiger partial charge in [-0.25, -0.2) is 12.7 Å². The van der Waals surface area contributed by atoms with Crippen LogP contribution in [0.1, 0.15) is 47.6 Å². The molecule has 3 amide bonds. The molecule has 0 unspecified atom stereocenters. The van der Waals surface area contributed by atoms with Crippen molar-refractivity contribution in [3.05, 3.63) is 59.7 Å². The molecule has 5 rings (SSSR count). The minimum atomic E-state index is -4.23. The van der Waals surface area contributed by atoms with Crippen molar-refractivity contribution in [1.82, 2.24) is 14.5 Å². The van der Waals surface area contributed by atoms with Gasteiger partial charge in [-0.15, -0.1) is 0 Å². The topological polar surface area (TPSA) is 132 Å². The highest BCUT2D eigenvalue weighted by molar-refractivity contribution is 7.90. The summed E-state index contributed by atoms with van der Waals surface area (Å²) in [5, 5.41) is 2.92. The molecule has 1 N–H and O–H groups in total. The van der Waals surface area contributed by atoms with Gasteiger partial charge in [-0.3, -0.25) is 14.4 Å². The van der Waals surface area contributed by atoms with Crippen molar-refractivity contribution in [3.8, 4) is 5.75 Å². The first-order chi connectivity index (χ1) is 19.3. The molecular weight excluding hydrogens is 538 g/mol. The number of fused-ring (bicyclic) bond motifs is 1. The van der Waals surface area contributed by atoms with Crippen LogP contribution in [0.4, 0.5) is 0 Å². The van der Waals surface area contributed by atoms with E-state index in [-0.39, 0.29) is 35.8 Å². The predicted octanol–water partition coefficient (Wildman–Crippen LogP) is 1.88. The van der Waals surface area contributed by atoms with E-state index in [1.54, 1.807) is 30.3 Å². The number of sulfonamides is 1. The molecule has 0 aliphatic carbocycles. The molecule has 12 heteroatoms. The third kappa shape index (κ3) is 5.70. The number of methoxy groups -OCH3 is 1. The summed E-state index contributed by atoms with van der Waals surface area (Å²) < 4.78 is 43.8. The number of nitrogens with one attached hydrogen (secondary N) is 1. The van der Waals surface area contributed by atoms with Gasteiger partial charge in [0, 0.05) is 26.3 Å². The van der Waals surface area contributed by atoms with Crippen LogP contribution in [0.15, 0.2) is 53.4 Å². The Bertz CT molecular complexity index is 1370. The van der Waals surface area contributed by atoms with E-state index < -0.39 is 40.3 Å². The lowest BCUT2D eigenvalue weighted by atomic mass is 10.0. The Kier molecular flexibility index (Phi) is 8.38. The SMILES string of the molecule is COc1cccc([C@H](C(=O)NC[C@H]2CCCO2)N(C[C@@H]2CCCO2)C(=O)CN2C(=O)c3ccccc3S2(=O)=O)c1. The molecule has 3 aliphatic rings. The van der Waals surface area contributed by atoms with E-state index >= 15 is 0 Å². The highest BCUT2D eigenvalue weighted by atomic mass is 32.2. The van der Waals surface area contributed by atoms with Gasteiger partial charge < -0.3 is 24.4 Å². The number of amides is 3. The van der Waals surface area contributed by atoms with Crippen molar-refractivity contribution in [2.24, 2.45) is 0 Å². The van der Waals surface area contributed by atoms with Crippen LogP contribution in [0, 0.1) is 0 Å².